The van der Waals surface area contributed by atoms with Crippen molar-refractivity contribution in [2.45, 2.75) is 13.3 Å². The Labute approximate surface area is 155 Å². The number of nitrogens with zero attached hydrogens (tertiary/aromatic N) is 3. The van der Waals surface area contributed by atoms with Gasteiger partial charge in [0, 0.05) is 16.5 Å². The molecule has 0 fully saturated rings. The van der Waals surface area contributed by atoms with Gasteiger partial charge in [-0.05, 0) is 62.1 Å². The van der Waals surface area contributed by atoms with Gasteiger partial charge in [0.05, 0.1) is 5.69 Å². The third-order valence-corrected chi connectivity index (χ3v) is 4.62. The van der Waals surface area contributed by atoms with Crippen molar-refractivity contribution in [1.82, 2.24) is 14.8 Å². The molecule has 3 aromatic rings. The molecular weight excluding hydrogens is 376 g/mol. The maximum atomic E-state index is 12.3. The first-order valence-electron chi connectivity index (χ1n) is 7.90. The zero-order valence-corrected chi connectivity index (χ0v) is 15.4. The van der Waals surface area contributed by atoms with Gasteiger partial charge in [0.2, 0.25) is 0 Å². The monoisotopic (exact) mass is 392 g/mol. The van der Waals surface area contributed by atoms with Crippen LogP contribution < -0.4 is 10.5 Å². The van der Waals surface area contributed by atoms with Crippen molar-refractivity contribution in [1.29, 1.82) is 0 Å². The number of halogens is 3. The van der Waals surface area contributed by atoms with E-state index in [0.717, 1.165) is 19.1 Å². The van der Waals surface area contributed by atoms with Gasteiger partial charge >= 0.3 is 6.36 Å². The molecule has 1 heterocycles. The van der Waals surface area contributed by atoms with Crippen LogP contribution in [-0.4, -0.2) is 33.1 Å². The van der Waals surface area contributed by atoms with Crippen LogP contribution in [0.4, 0.5) is 18.9 Å². The van der Waals surface area contributed by atoms with E-state index in [1.807, 2.05) is 25.7 Å². The number of nitrogens with two attached hydrogens (primary N) is 1. The van der Waals surface area contributed by atoms with Crippen molar-refractivity contribution < 1.29 is 17.9 Å². The van der Waals surface area contributed by atoms with E-state index >= 15 is 0 Å². The van der Waals surface area contributed by atoms with Gasteiger partial charge in [-0.2, -0.15) is 0 Å². The summed E-state index contributed by atoms with van der Waals surface area (Å²) in [6, 6.07) is 12.7. The maximum Gasteiger partial charge on any atom is 0.573 e. The number of aromatic nitrogens is 3. The Kier molecular flexibility index (Phi) is 5.19. The fourth-order valence-corrected chi connectivity index (χ4v) is 2.71. The molecule has 0 aliphatic carbocycles. The summed E-state index contributed by atoms with van der Waals surface area (Å²) in [6.45, 7) is 3.90. The number of hydrogen-bond acceptors (Lipinski definition) is 4. The van der Waals surface area contributed by atoms with Crippen LogP contribution in [0.1, 0.15) is 12.7 Å². The Bertz CT molecular complexity index is 964. The molecule has 5 nitrogen and oxygen atoms in total. The third-order valence-electron chi connectivity index (χ3n) is 3.75. The largest absolute Gasteiger partial charge is 0.573 e. The summed E-state index contributed by atoms with van der Waals surface area (Å²) >= 11 is 0. The first kappa shape index (κ1) is 18.9. The standard InChI is InChI=1S/C18H16F3N4OP/c1-11(27-2)17-23-16(12-3-5-13(22)6-4-12)24-25(17)14-7-9-15(10-8-14)26-18(19,20)21/h3-10H,22H2,1-2H3. The normalized spacial score (nSPS) is 12.3. The van der Waals surface area contributed by atoms with Crippen LogP contribution in [-0.2, 0) is 0 Å². The molecule has 1 aromatic heterocycles. The molecule has 0 aliphatic heterocycles. The molecule has 0 radical (unpaired) electrons. The van der Waals surface area contributed by atoms with Crippen molar-refractivity contribution >= 4 is 19.2 Å². The predicted molar refractivity (Wildman–Crippen MR) is 101 cm³/mol. The van der Waals surface area contributed by atoms with E-state index in [9.17, 15) is 13.2 Å². The fourth-order valence-electron chi connectivity index (χ4n) is 2.37. The molecular formula is C18H16F3N4OP. The fraction of sp³-hybridized carbons (Fsp3) is 0.167. The Morgan fingerprint density at radius 2 is 1.70 bits per heavy atom. The molecule has 0 bridgehead atoms. The first-order chi connectivity index (χ1) is 12.8. The van der Waals surface area contributed by atoms with Crippen LogP contribution in [0.2, 0.25) is 0 Å². The highest BCUT2D eigenvalue weighted by Crippen LogP contribution is 2.25. The van der Waals surface area contributed by atoms with Gasteiger partial charge in [0.1, 0.15) is 5.75 Å². The highest BCUT2D eigenvalue weighted by Gasteiger charge is 2.31. The van der Waals surface area contributed by atoms with Gasteiger partial charge in [-0.25, -0.2) is 9.67 Å². The van der Waals surface area contributed by atoms with Crippen molar-refractivity contribution in [2.75, 3.05) is 12.4 Å². The summed E-state index contributed by atoms with van der Waals surface area (Å²) in [5.74, 6) is 0.847. The van der Waals surface area contributed by atoms with Crippen molar-refractivity contribution in [2.24, 2.45) is 0 Å². The third kappa shape index (κ3) is 4.46. The smallest absolute Gasteiger partial charge is 0.406 e. The zero-order valence-electron chi connectivity index (χ0n) is 14.5. The minimum Gasteiger partial charge on any atom is -0.406 e. The molecule has 2 aromatic carbocycles. The SMILES string of the molecule is CP=C(C)c1nc(-c2ccc(N)cc2)nn1-c1ccc(OC(F)(F)F)cc1. The highest BCUT2D eigenvalue weighted by molar-refractivity contribution is 7.40. The summed E-state index contributed by atoms with van der Waals surface area (Å²) in [5.41, 5.74) is 7.72. The topological polar surface area (TPSA) is 66.0 Å². The zero-order chi connectivity index (χ0) is 19.6. The van der Waals surface area contributed by atoms with Crippen molar-refractivity contribution in [3.05, 3.63) is 54.4 Å². The number of ether oxygens (including phenoxy) is 1. The summed E-state index contributed by atoms with van der Waals surface area (Å²) in [4.78, 5) is 4.59. The van der Waals surface area contributed by atoms with Crippen LogP contribution >= 0.6 is 8.20 Å². The number of rotatable bonds is 4. The number of benzene rings is 2. The van der Waals surface area contributed by atoms with Gasteiger partial charge in [0.25, 0.3) is 0 Å². The van der Waals surface area contributed by atoms with E-state index in [1.54, 1.807) is 16.8 Å². The van der Waals surface area contributed by atoms with Crippen LogP contribution in [0.3, 0.4) is 0 Å². The number of anilines is 1. The van der Waals surface area contributed by atoms with Crippen LogP contribution in [0.15, 0.2) is 48.5 Å². The summed E-state index contributed by atoms with van der Waals surface area (Å²) in [7, 11) is 1.01. The van der Waals surface area contributed by atoms with Gasteiger partial charge in [-0.1, -0.05) is 0 Å². The minimum absolute atomic E-state index is 0.291. The lowest BCUT2D eigenvalue weighted by atomic mass is 10.2. The van der Waals surface area contributed by atoms with Crippen LogP contribution in [0.5, 0.6) is 5.75 Å². The Morgan fingerprint density at radius 1 is 1.07 bits per heavy atom. The predicted octanol–water partition coefficient (Wildman–Crippen LogP) is 4.53. The number of hydrogen-bond donors (Lipinski definition) is 1. The first-order valence-corrected chi connectivity index (χ1v) is 9.24. The van der Waals surface area contributed by atoms with Crippen LogP contribution in [0, 0.1) is 0 Å². The van der Waals surface area contributed by atoms with Crippen molar-refractivity contribution in [3.63, 3.8) is 0 Å². The average Bonchev–Trinajstić information content (AvgIpc) is 3.06. The maximum absolute atomic E-state index is 12.3. The molecule has 2 N–H and O–H groups in total. The van der Waals surface area contributed by atoms with E-state index in [4.69, 9.17) is 5.73 Å². The Balaban J connectivity index is 2.02. The number of alkyl halides is 3. The summed E-state index contributed by atoms with van der Waals surface area (Å²) in [6.07, 6.45) is -4.73. The van der Waals surface area contributed by atoms with Gasteiger partial charge in [0.15, 0.2) is 11.6 Å². The molecule has 3 rings (SSSR count). The Hall–Kier alpha value is -2.86. The van der Waals surface area contributed by atoms with E-state index in [1.165, 1.54) is 24.3 Å². The molecule has 140 valence electrons. The van der Waals surface area contributed by atoms with Gasteiger partial charge in [-0.15, -0.1) is 26.5 Å². The lowest BCUT2D eigenvalue weighted by Gasteiger charge is -2.10. The lowest BCUT2D eigenvalue weighted by Crippen LogP contribution is -2.17. The lowest BCUT2D eigenvalue weighted by molar-refractivity contribution is -0.274. The molecule has 0 atom stereocenters. The molecule has 9 heteroatoms. The molecule has 0 spiro atoms. The second-order valence-corrected chi connectivity index (χ2v) is 6.76. The molecule has 0 saturated heterocycles. The van der Waals surface area contributed by atoms with Crippen LogP contribution in [0.25, 0.3) is 17.1 Å². The average molecular weight is 392 g/mol. The van der Waals surface area contributed by atoms with E-state index in [-0.39, 0.29) is 5.75 Å². The molecule has 27 heavy (non-hydrogen) atoms. The second-order valence-electron chi connectivity index (χ2n) is 5.64. The summed E-state index contributed by atoms with van der Waals surface area (Å²) in [5, 5.41) is 5.50. The number of nitrogen functional groups attached to an aromatic ring is 1. The quantitative estimate of drug-likeness (QED) is 0.523. The second kappa shape index (κ2) is 7.40. The molecule has 0 saturated carbocycles. The Morgan fingerprint density at radius 3 is 2.26 bits per heavy atom. The van der Waals surface area contributed by atoms with Crippen molar-refractivity contribution in [3.8, 4) is 22.8 Å². The molecule has 0 aliphatic rings. The van der Waals surface area contributed by atoms with Gasteiger partial charge < -0.3 is 10.5 Å². The minimum atomic E-state index is -4.73. The summed E-state index contributed by atoms with van der Waals surface area (Å²) < 4.78 is 42.5. The van der Waals surface area contributed by atoms with E-state index in [2.05, 4.69) is 14.8 Å². The highest BCUT2D eigenvalue weighted by atomic mass is 31.1. The van der Waals surface area contributed by atoms with E-state index < -0.39 is 6.36 Å². The molecule has 0 unspecified atom stereocenters. The van der Waals surface area contributed by atoms with E-state index in [0.29, 0.717) is 23.0 Å². The molecule has 0 amide bonds. The van der Waals surface area contributed by atoms with Gasteiger partial charge in [-0.3, -0.25) is 0 Å².